The van der Waals surface area contributed by atoms with Crippen LogP contribution in [-0.4, -0.2) is 53.0 Å². The zero-order valence-corrected chi connectivity index (χ0v) is 16.1. The Labute approximate surface area is 172 Å². The predicted molar refractivity (Wildman–Crippen MR) is 107 cm³/mol. The summed E-state index contributed by atoms with van der Waals surface area (Å²) in [5, 5.41) is 22.8. The fourth-order valence-electron chi connectivity index (χ4n) is 3.85. The van der Waals surface area contributed by atoms with Gasteiger partial charge < -0.3 is 25.6 Å². The first-order chi connectivity index (χ1) is 14.4. The first kappa shape index (κ1) is 19.9. The molecule has 8 heteroatoms. The molecule has 8 nitrogen and oxygen atoms in total. The third-order valence-corrected chi connectivity index (χ3v) is 5.66. The number of aliphatic hydroxyl groups excluding tert-OH is 1. The highest BCUT2D eigenvalue weighted by molar-refractivity contribution is 5.95. The van der Waals surface area contributed by atoms with Crippen molar-refractivity contribution in [3.63, 3.8) is 0 Å². The molecule has 0 saturated heterocycles. The Kier molecular flexibility index (Phi) is 5.17. The number of amides is 2. The average molecular weight is 410 g/mol. The van der Waals surface area contributed by atoms with Crippen molar-refractivity contribution in [3.05, 3.63) is 59.7 Å². The number of carbonyl (C=O) groups excluding carboxylic acids is 2. The van der Waals surface area contributed by atoms with Gasteiger partial charge in [0.15, 0.2) is 0 Å². The van der Waals surface area contributed by atoms with Crippen LogP contribution in [0.4, 0.5) is 4.79 Å². The topological polar surface area (TPSA) is 125 Å². The Hall–Kier alpha value is -3.39. The average Bonchev–Trinajstić information content (AvgIpc) is 3.46. The van der Waals surface area contributed by atoms with Crippen LogP contribution in [0.1, 0.15) is 29.9 Å². The molecule has 0 spiro atoms. The number of fused-ring (bicyclic) bond motifs is 3. The number of ether oxygens (including phenoxy) is 1. The summed E-state index contributed by atoms with van der Waals surface area (Å²) in [6.45, 7) is -0.617. The number of rotatable bonds is 7. The van der Waals surface area contributed by atoms with Crippen molar-refractivity contribution < 1.29 is 29.3 Å². The molecule has 0 aromatic heterocycles. The van der Waals surface area contributed by atoms with Crippen LogP contribution >= 0.6 is 0 Å². The summed E-state index contributed by atoms with van der Waals surface area (Å²) in [5.41, 5.74) is 3.20. The molecule has 2 aliphatic carbocycles. The molecule has 0 heterocycles. The number of benzene rings is 2. The highest BCUT2D eigenvalue weighted by Gasteiger charge is 2.52. The maximum atomic E-state index is 12.4. The molecule has 0 bridgehead atoms. The highest BCUT2D eigenvalue weighted by Crippen LogP contribution is 2.44. The molecule has 1 fully saturated rings. The van der Waals surface area contributed by atoms with E-state index in [1.165, 1.54) is 0 Å². The minimum atomic E-state index is -1.42. The van der Waals surface area contributed by atoms with E-state index in [4.69, 9.17) is 14.9 Å². The van der Waals surface area contributed by atoms with Gasteiger partial charge in [0.1, 0.15) is 18.2 Å². The first-order valence-electron chi connectivity index (χ1n) is 9.73. The maximum Gasteiger partial charge on any atom is 0.408 e. The third kappa shape index (κ3) is 3.61. The molecule has 1 atom stereocenters. The van der Waals surface area contributed by atoms with Gasteiger partial charge in [0.2, 0.25) is 5.91 Å². The number of aliphatic carboxylic acids is 1. The smallest absolute Gasteiger partial charge is 0.408 e. The molecular weight excluding hydrogens is 388 g/mol. The lowest BCUT2D eigenvalue weighted by atomic mass is 9.98. The zero-order chi connectivity index (χ0) is 21.3. The van der Waals surface area contributed by atoms with Crippen LogP contribution in [0.25, 0.3) is 11.1 Å². The number of carbonyl (C=O) groups is 3. The molecule has 1 saturated carbocycles. The minimum absolute atomic E-state index is 0.0992. The van der Waals surface area contributed by atoms with Crippen LogP contribution in [0, 0.1) is 0 Å². The van der Waals surface area contributed by atoms with Gasteiger partial charge in [-0.1, -0.05) is 48.5 Å². The molecule has 156 valence electrons. The second kappa shape index (κ2) is 7.79. The molecular formula is C22H22N2O6. The molecule has 2 aromatic rings. The zero-order valence-electron chi connectivity index (χ0n) is 16.1. The van der Waals surface area contributed by atoms with Crippen molar-refractivity contribution in [1.29, 1.82) is 0 Å². The summed E-state index contributed by atoms with van der Waals surface area (Å²) < 4.78 is 5.45. The second-order valence-electron chi connectivity index (χ2n) is 7.58. The van der Waals surface area contributed by atoms with Crippen LogP contribution in [-0.2, 0) is 14.3 Å². The molecule has 4 N–H and O–H groups in total. The SMILES string of the molecule is O=C(NC1(C(=O)N[C@H](CO)C(=O)O)CC1)OCC1c2ccccc2-c2ccccc21. The fourth-order valence-corrected chi connectivity index (χ4v) is 3.85. The van der Waals surface area contributed by atoms with E-state index in [1.807, 2.05) is 48.5 Å². The lowest BCUT2D eigenvalue weighted by Crippen LogP contribution is -2.54. The normalized spacial score (nSPS) is 16.7. The van der Waals surface area contributed by atoms with Crippen LogP contribution in [0.15, 0.2) is 48.5 Å². The molecule has 2 aliphatic rings. The third-order valence-electron chi connectivity index (χ3n) is 5.66. The standard InChI is InChI=1S/C22H22N2O6/c25-11-18(19(26)27)23-20(28)22(9-10-22)24-21(29)30-12-17-15-7-3-1-5-13(15)14-6-2-4-8-16(14)17/h1-8,17-18,25H,9-12H2,(H,23,28)(H,24,29)(H,26,27)/t18-/m1/s1. The van der Waals surface area contributed by atoms with Crippen LogP contribution in [0.3, 0.4) is 0 Å². The predicted octanol–water partition coefficient (Wildman–Crippen LogP) is 1.62. The Bertz CT molecular complexity index is 955. The molecule has 0 aliphatic heterocycles. The highest BCUT2D eigenvalue weighted by atomic mass is 16.5. The van der Waals surface area contributed by atoms with Gasteiger partial charge in [-0.15, -0.1) is 0 Å². The van der Waals surface area contributed by atoms with E-state index in [1.54, 1.807) is 0 Å². The summed E-state index contributed by atoms with van der Waals surface area (Å²) in [6.07, 6.45) is 0.0158. The Balaban J connectivity index is 1.40. The van der Waals surface area contributed by atoms with Gasteiger partial charge in [-0.3, -0.25) is 4.79 Å². The number of hydrogen-bond donors (Lipinski definition) is 4. The van der Waals surface area contributed by atoms with Crippen molar-refractivity contribution in [3.8, 4) is 11.1 Å². The summed E-state index contributed by atoms with van der Waals surface area (Å²) in [5.74, 6) is -2.09. The van der Waals surface area contributed by atoms with E-state index in [-0.39, 0.29) is 12.5 Å². The maximum absolute atomic E-state index is 12.4. The molecule has 30 heavy (non-hydrogen) atoms. The lowest BCUT2D eigenvalue weighted by Gasteiger charge is -2.20. The van der Waals surface area contributed by atoms with E-state index in [9.17, 15) is 14.4 Å². The summed E-state index contributed by atoms with van der Waals surface area (Å²) >= 11 is 0. The molecule has 0 radical (unpaired) electrons. The van der Waals surface area contributed by atoms with Crippen molar-refractivity contribution in [1.82, 2.24) is 10.6 Å². The van der Waals surface area contributed by atoms with Crippen LogP contribution in [0.2, 0.25) is 0 Å². The van der Waals surface area contributed by atoms with E-state index in [0.717, 1.165) is 22.3 Å². The van der Waals surface area contributed by atoms with Gasteiger partial charge in [0, 0.05) is 5.92 Å². The first-order valence-corrected chi connectivity index (χ1v) is 9.73. The second-order valence-corrected chi connectivity index (χ2v) is 7.58. The summed E-state index contributed by atoms with van der Waals surface area (Å²) in [6, 6.07) is 14.5. The number of carboxylic acid groups (broad SMARTS) is 1. The minimum Gasteiger partial charge on any atom is -0.480 e. The van der Waals surface area contributed by atoms with Crippen molar-refractivity contribution in [2.24, 2.45) is 0 Å². The number of nitrogens with one attached hydrogen (secondary N) is 2. The van der Waals surface area contributed by atoms with E-state index < -0.39 is 36.2 Å². The molecule has 0 unspecified atom stereocenters. The van der Waals surface area contributed by atoms with E-state index in [0.29, 0.717) is 12.8 Å². The Morgan fingerprint density at radius 2 is 1.60 bits per heavy atom. The van der Waals surface area contributed by atoms with Gasteiger partial charge >= 0.3 is 12.1 Å². The summed E-state index contributed by atoms with van der Waals surface area (Å²) in [7, 11) is 0. The monoisotopic (exact) mass is 410 g/mol. The Morgan fingerprint density at radius 1 is 1.03 bits per heavy atom. The van der Waals surface area contributed by atoms with Crippen LogP contribution in [0.5, 0.6) is 0 Å². The van der Waals surface area contributed by atoms with Gasteiger partial charge in [0.25, 0.3) is 0 Å². The lowest BCUT2D eigenvalue weighted by molar-refractivity contribution is -0.143. The Morgan fingerprint density at radius 3 is 2.10 bits per heavy atom. The number of aliphatic hydroxyl groups is 1. The molecule has 2 amide bonds. The van der Waals surface area contributed by atoms with Gasteiger partial charge in [0.05, 0.1) is 6.61 Å². The number of hydrogen-bond acceptors (Lipinski definition) is 5. The van der Waals surface area contributed by atoms with E-state index >= 15 is 0 Å². The van der Waals surface area contributed by atoms with Gasteiger partial charge in [-0.2, -0.15) is 0 Å². The number of alkyl carbamates (subject to hydrolysis) is 1. The van der Waals surface area contributed by atoms with Crippen LogP contribution < -0.4 is 10.6 Å². The van der Waals surface area contributed by atoms with Crippen molar-refractivity contribution in [2.45, 2.75) is 30.3 Å². The largest absolute Gasteiger partial charge is 0.480 e. The number of carboxylic acids is 1. The quantitative estimate of drug-likeness (QED) is 0.550. The van der Waals surface area contributed by atoms with Crippen molar-refractivity contribution >= 4 is 18.0 Å². The molecule has 2 aromatic carbocycles. The van der Waals surface area contributed by atoms with Gasteiger partial charge in [-0.05, 0) is 35.1 Å². The van der Waals surface area contributed by atoms with Gasteiger partial charge in [-0.25, -0.2) is 9.59 Å². The summed E-state index contributed by atoms with van der Waals surface area (Å²) in [4.78, 5) is 35.8. The fraction of sp³-hybridized carbons (Fsp3) is 0.318. The van der Waals surface area contributed by atoms with E-state index in [2.05, 4.69) is 10.6 Å². The molecule has 4 rings (SSSR count). The van der Waals surface area contributed by atoms with Crippen molar-refractivity contribution in [2.75, 3.05) is 13.2 Å².